The van der Waals surface area contributed by atoms with Crippen LogP contribution in [0.15, 0.2) is 16.9 Å². The van der Waals surface area contributed by atoms with E-state index >= 15 is 0 Å². The van der Waals surface area contributed by atoms with Gasteiger partial charge in [-0.25, -0.2) is 0 Å². The van der Waals surface area contributed by atoms with Crippen LogP contribution in [-0.2, 0) is 11.3 Å². The fourth-order valence-corrected chi connectivity index (χ4v) is 2.26. The number of nitrogens with zero attached hydrogens (tertiary/aromatic N) is 1. The Hall–Kier alpha value is -1.33. The second-order valence-corrected chi connectivity index (χ2v) is 4.62. The predicted octanol–water partition coefficient (Wildman–Crippen LogP) is 0.740. The van der Waals surface area contributed by atoms with Crippen molar-refractivity contribution in [2.45, 2.75) is 32.4 Å². The van der Waals surface area contributed by atoms with Crippen molar-refractivity contribution in [2.24, 2.45) is 0 Å². The molecule has 5 nitrogen and oxygen atoms in total. The van der Waals surface area contributed by atoms with Gasteiger partial charge in [0.05, 0.1) is 19.3 Å². The molecule has 2 heterocycles. The summed E-state index contributed by atoms with van der Waals surface area (Å²) in [6, 6.07) is 3.49. The summed E-state index contributed by atoms with van der Waals surface area (Å²) < 4.78 is 7.30. The first-order chi connectivity index (χ1) is 8.70. The van der Waals surface area contributed by atoms with Crippen molar-refractivity contribution in [3.05, 3.63) is 28.2 Å². The highest BCUT2D eigenvalue weighted by Gasteiger charge is 2.17. The van der Waals surface area contributed by atoms with E-state index in [9.17, 15) is 4.79 Å². The van der Waals surface area contributed by atoms with Crippen LogP contribution in [0.25, 0.3) is 0 Å². The minimum atomic E-state index is -0.0223. The molecule has 1 aliphatic heterocycles. The molecule has 18 heavy (non-hydrogen) atoms. The Morgan fingerprint density at radius 3 is 3.00 bits per heavy atom. The van der Waals surface area contributed by atoms with Gasteiger partial charge in [-0.1, -0.05) is 0 Å². The molecule has 5 heteroatoms. The molecule has 0 bridgehead atoms. The van der Waals surface area contributed by atoms with Gasteiger partial charge >= 0.3 is 0 Å². The summed E-state index contributed by atoms with van der Waals surface area (Å²) in [4.78, 5) is 12.0. The molecular weight excluding hydrogens is 232 g/mol. The van der Waals surface area contributed by atoms with Gasteiger partial charge in [0.15, 0.2) is 0 Å². The fourth-order valence-electron chi connectivity index (χ4n) is 2.26. The molecule has 1 saturated heterocycles. The first-order valence-corrected chi connectivity index (χ1v) is 6.38. The summed E-state index contributed by atoms with van der Waals surface area (Å²) >= 11 is 0. The molecular formula is C13H20N2O3. The number of rotatable bonds is 5. The number of aryl methyl sites for hydroxylation is 1. The van der Waals surface area contributed by atoms with Crippen LogP contribution in [0.3, 0.4) is 0 Å². The summed E-state index contributed by atoms with van der Waals surface area (Å²) in [5.74, 6) is 0. The van der Waals surface area contributed by atoms with Crippen LogP contribution in [-0.4, -0.2) is 35.5 Å². The highest BCUT2D eigenvalue weighted by molar-refractivity contribution is 5.43. The molecule has 2 N–H and O–H groups in total. The van der Waals surface area contributed by atoms with Crippen molar-refractivity contribution < 1.29 is 9.84 Å². The van der Waals surface area contributed by atoms with E-state index in [-0.39, 0.29) is 18.3 Å². The van der Waals surface area contributed by atoms with E-state index in [1.807, 2.05) is 13.0 Å². The van der Waals surface area contributed by atoms with Crippen LogP contribution in [0.4, 0.5) is 5.69 Å². The zero-order valence-electron chi connectivity index (χ0n) is 10.7. The smallest absolute Gasteiger partial charge is 0.252 e. The lowest BCUT2D eigenvalue weighted by Crippen LogP contribution is -2.28. The minimum Gasteiger partial charge on any atom is -0.395 e. The van der Waals surface area contributed by atoms with Crippen molar-refractivity contribution >= 4 is 5.69 Å². The van der Waals surface area contributed by atoms with Gasteiger partial charge in [-0.2, -0.15) is 0 Å². The Morgan fingerprint density at radius 2 is 2.39 bits per heavy atom. The number of hydrogen-bond donors (Lipinski definition) is 2. The number of ether oxygens (including phenoxy) is 1. The highest BCUT2D eigenvalue weighted by Crippen LogP contribution is 2.15. The Morgan fingerprint density at radius 1 is 1.56 bits per heavy atom. The molecule has 1 atom stereocenters. The van der Waals surface area contributed by atoms with Crippen molar-refractivity contribution in [1.29, 1.82) is 0 Å². The Kier molecular flexibility index (Phi) is 4.38. The van der Waals surface area contributed by atoms with E-state index in [1.165, 1.54) is 0 Å². The van der Waals surface area contributed by atoms with Gasteiger partial charge in [0.2, 0.25) is 0 Å². The topological polar surface area (TPSA) is 63.5 Å². The lowest BCUT2D eigenvalue weighted by atomic mass is 10.2. The zero-order chi connectivity index (χ0) is 13.0. The second-order valence-electron chi connectivity index (χ2n) is 4.62. The first-order valence-electron chi connectivity index (χ1n) is 6.38. The largest absolute Gasteiger partial charge is 0.395 e. The van der Waals surface area contributed by atoms with Crippen molar-refractivity contribution in [2.75, 3.05) is 25.1 Å². The van der Waals surface area contributed by atoms with Crippen LogP contribution < -0.4 is 10.9 Å². The third kappa shape index (κ3) is 3.11. The predicted molar refractivity (Wildman–Crippen MR) is 70.0 cm³/mol. The number of hydrogen-bond acceptors (Lipinski definition) is 4. The van der Waals surface area contributed by atoms with E-state index in [4.69, 9.17) is 9.84 Å². The van der Waals surface area contributed by atoms with Crippen LogP contribution >= 0.6 is 0 Å². The molecule has 2 rings (SSSR count). The van der Waals surface area contributed by atoms with Crippen LogP contribution in [0.5, 0.6) is 0 Å². The first kappa shape index (κ1) is 13.1. The Bertz CT molecular complexity index is 450. The normalized spacial score (nSPS) is 19.1. The van der Waals surface area contributed by atoms with Crippen molar-refractivity contribution in [3.8, 4) is 0 Å². The lowest BCUT2D eigenvalue weighted by Gasteiger charge is -2.15. The zero-order valence-corrected chi connectivity index (χ0v) is 10.7. The molecule has 0 radical (unpaired) electrons. The fraction of sp³-hybridized carbons (Fsp3) is 0.615. The summed E-state index contributed by atoms with van der Waals surface area (Å²) in [6.45, 7) is 3.85. The van der Waals surface area contributed by atoms with Crippen molar-refractivity contribution in [3.63, 3.8) is 0 Å². The van der Waals surface area contributed by atoms with Gasteiger partial charge in [0.25, 0.3) is 5.56 Å². The van der Waals surface area contributed by atoms with E-state index in [0.717, 1.165) is 30.8 Å². The molecule has 0 amide bonds. The summed E-state index contributed by atoms with van der Waals surface area (Å²) in [7, 11) is 0. The van der Waals surface area contributed by atoms with Crippen LogP contribution in [0, 0.1) is 6.92 Å². The number of nitrogens with one attached hydrogen (secondary N) is 1. The number of aromatic nitrogens is 1. The maximum Gasteiger partial charge on any atom is 0.252 e. The maximum absolute atomic E-state index is 12.0. The maximum atomic E-state index is 12.0. The van der Waals surface area contributed by atoms with Gasteiger partial charge in [-0.05, 0) is 25.8 Å². The molecule has 1 aliphatic rings. The summed E-state index contributed by atoms with van der Waals surface area (Å²) in [5, 5.41) is 11.8. The van der Waals surface area contributed by atoms with Gasteiger partial charge in [0.1, 0.15) is 0 Å². The molecule has 0 saturated carbocycles. The van der Waals surface area contributed by atoms with Gasteiger partial charge in [0, 0.05) is 30.6 Å². The quantitative estimate of drug-likeness (QED) is 0.811. The standard InChI is InChI=1S/C13H20N2O3/c1-10-7-11(14-4-5-16)8-13(17)15(10)9-12-3-2-6-18-12/h7-8,12,14,16H,2-6,9H2,1H3/t12-/m0/s1. The van der Waals surface area contributed by atoms with E-state index in [0.29, 0.717) is 13.1 Å². The molecule has 0 aromatic carbocycles. The molecule has 0 aliphatic carbocycles. The third-order valence-electron chi connectivity index (χ3n) is 3.19. The average Bonchev–Trinajstić information content (AvgIpc) is 2.84. The van der Waals surface area contributed by atoms with E-state index < -0.39 is 0 Å². The van der Waals surface area contributed by atoms with Gasteiger partial charge in [-0.15, -0.1) is 0 Å². The lowest BCUT2D eigenvalue weighted by molar-refractivity contribution is 0.0956. The molecule has 0 unspecified atom stereocenters. The molecule has 0 spiro atoms. The number of aliphatic hydroxyl groups is 1. The number of anilines is 1. The Labute approximate surface area is 106 Å². The minimum absolute atomic E-state index is 0.0223. The molecule has 100 valence electrons. The summed E-state index contributed by atoms with van der Waals surface area (Å²) in [6.07, 6.45) is 2.27. The van der Waals surface area contributed by atoms with Gasteiger partial charge < -0.3 is 19.7 Å². The third-order valence-corrected chi connectivity index (χ3v) is 3.19. The summed E-state index contributed by atoms with van der Waals surface area (Å²) in [5.41, 5.74) is 1.65. The molecule has 1 fully saturated rings. The Balaban J connectivity index is 2.12. The number of pyridine rings is 1. The van der Waals surface area contributed by atoms with E-state index in [2.05, 4.69) is 5.32 Å². The van der Waals surface area contributed by atoms with Crippen LogP contribution in [0.1, 0.15) is 18.5 Å². The van der Waals surface area contributed by atoms with E-state index in [1.54, 1.807) is 10.6 Å². The SMILES string of the molecule is Cc1cc(NCCO)cc(=O)n1C[C@@H]1CCCO1. The van der Waals surface area contributed by atoms with Gasteiger partial charge in [-0.3, -0.25) is 4.79 Å². The molecule has 1 aromatic heterocycles. The monoisotopic (exact) mass is 252 g/mol. The number of aliphatic hydroxyl groups excluding tert-OH is 1. The van der Waals surface area contributed by atoms with Crippen molar-refractivity contribution in [1.82, 2.24) is 4.57 Å². The second kappa shape index (κ2) is 6.02. The highest BCUT2D eigenvalue weighted by atomic mass is 16.5. The van der Waals surface area contributed by atoms with Crippen LogP contribution in [0.2, 0.25) is 0 Å². The molecule has 1 aromatic rings. The average molecular weight is 252 g/mol.